The van der Waals surface area contributed by atoms with Crippen molar-refractivity contribution in [1.82, 2.24) is 14.7 Å². The Labute approximate surface area is 191 Å². The van der Waals surface area contributed by atoms with Crippen LogP contribution in [0.25, 0.3) is 0 Å². The van der Waals surface area contributed by atoms with Crippen LogP contribution < -0.4 is 0 Å². The van der Waals surface area contributed by atoms with Gasteiger partial charge in [-0.2, -0.15) is 23.5 Å². The second-order valence-electron chi connectivity index (χ2n) is 9.54. The number of nitriles is 1. The summed E-state index contributed by atoms with van der Waals surface area (Å²) in [5.41, 5.74) is 0.986. The van der Waals surface area contributed by atoms with Gasteiger partial charge in [-0.25, -0.2) is 0 Å². The summed E-state index contributed by atoms with van der Waals surface area (Å²) in [5.74, 6) is 0.151. The molecule has 1 saturated heterocycles. The third kappa shape index (κ3) is 4.14. The lowest BCUT2D eigenvalue weighted by atomic mass is 9.87. The number of hydrogen-bond acceptors (Lipinski definition) is 3. The highest BCUT2D eigenvalue weighted by molar-refractivity contribution is 5.96. The Morgan fingerprint density at radius 1 is 1.06 bits per heavy atom. The van der Waals surface area contributed by atoms with E-state index in [1.807, 2.05) is 4.68 Å². The maximum absolute atomic E-state index is 13.7. The van der Waals surface area contributed by atoms with Crippen molar-refractivity contribution < 1.29 is 18.0 Å². The average Bonchev–Trinajstić information content (AvgIpc) is 3.36. The van der Waals surface area contributed by atoms with Crippen LogP contribution >= 0.6 is 0 Å². The highest BCUT2D eigenvalue weighted by Crippen LogP contribution is 2.46. The van der Waals surface area contributed by atoms with Gasteiger partial charge in [-0.3, -0.25) is 9.48 Å². The third-order valence-corrected chi connectivity index (χ3v) is 7.39. The molecule has 2 heterocycles. The maximum Gasteiger partial charge on any atom is 0.416 e. The van der Waals surface area contributed by atoms with Crippen LogP contribution in [0.5, 0.6) is 0 Å². The molecule has 0 spiro atoms. The normalized spacial score (nSPS) is 25.8. The number of alkyl halides is 3. The quantitative estimate of drug-likeness (QED) is 0.566. The van der Waals surface area contributed by atoms with Crippen LogP contribution in [0.3, 0.4) is 0 Å². The van der Waals surface area contributed by atoms with Crippen LogP contribution in [0.4, 0.5) is 13.2 Å². The second-order valence-corrected chi connectivity index (χ2v) is 9.54. The third-order valence-electron chi connectivity index (χ3n) is 7.39. The number of carbonyl (C=O) groups is 1. The number of aromatic nitrogens is 2. The average molecular weight is 457 g/mol. The predicted molar refractivity (Wildman–Crippen MR) is 115 cm³/mol. The highest BCUT2D eigenvalue weighted by Gasteiger charge is 2.41. The van der Waals surface area contributed by atoms with E-state index in [9.17, 15) is 23.2 Å². The van der Waals surface area contributed by atoms with Crippen molar-refractivity contribution >= 4 is 5.91 Å². The van der Waals surface area contributed by atoms with Crippen molar-refractivity contribution in [1.29, 1.82) is 5.26 Å². The van der Waals surface area contributed by atoms with Crippen molar-refractivity contribution in [2.24, 2.45) is 5.92 Å². The molecule has 1 aromatic heterocycles. The van der Waals surface area contributed by atoms with Gasteiger partial charge in [0.05, 0.1) is 41.2 Å². The first kappa shape index (κ1) is 22.0. The summed E-state index contributed by atoms with van der Waals surface area (Å²) in [4.78, 5) is 15.3. The SMILES string of the molecule is N#CC1CCC(n2ncc(C(=O)N3CCCC3c3ccccc3C(F)(F)F)c2C2CC2)CC1. The van der Waals surface area contributed by atoms with Crippen LogP contribution in [0.1, 0.15) is 96.5 Å². The van der Waals surface area contributed by atoms with Gasteiger partial charge < -0.3 is 4.90 Å². The molecule has 2 aliphatic carbocycles. The number of nitrogens with zero attached hydrogens (tertiary/aromatic N) is 4. The molecule has 1 amide bonds. The number of rotatable bonds is 4. The Hall–Kier alpha value is -2.82. The van der Waals surface area contributed by atoms with E-state index in [1.165, 1.54) is 12.1 Å². The predicted octanol–water partition coefficient (Wildman–Crippen LogP) is 6.01. The highest BCUT2D eigenvalue weighted by atomic mass is 19.4. The van der Waals surface area contributed by atoms with E-state index in [-0.39, 0.29) is 29.3 Å². The molecule has 3 fully saturated rings. The van der Waals surface area contributed by atoms with E-state index in [0.29, 0.717) is 24.9 Å². The standard InChI is InChI=1S/C25H27F3N4O/c26-25(27,28)21-5-2-1-4-19(21)22-6-3-13-31(22)24(33)20-15-30-32(23(20)17-9-10-17)18-11-7-16(14-29)8-12-18/h1-2,4-5,15-18,22H,3,6-13H2. The van der Waals surface area contributed by atoms with E-state index in [2.05, 4.69) is 11.2 Å². The molecule has 0 bridgehead atoms. The molecule has 5 nitrogen and oxygen atoms in total. The molecule has 3 aliphatic rings. The monoisotopic (exact) mass is 456 g/mol. The first-order valence-corrected chi connectivity index (χ1v) is 11.8. The van der Waals surface area contributed by atoms with Gasteiger partial charge >= 0.3 is 6.18 Å². The van der Waals surface area contributed by atoms with Gasteiger partial charge in [-0.05, 0) is 63.0 Å². The van der Waals surface area contributed by atoms with E-state index >= 15 is 0 Å². The molecular weight excluding hydrogens is 429 g/mol. The fraction of sp³-hybridized carbons (Fsp3) is 0.560. The summed E-state index contributed by atoms with van der Waals surface area (Å²) in [7, 11) is 0. The van der Waals surface area contributed by atoms with Gasteiger partial charge in [-0.15, -0.1) is 0 Å². The Balaban J connectivity index is 1.45. The first-order valence-electron chi connectivity index (χ1n) is 11.8. The first-order chi connectivity index (χ1) is 15.9. The Bertz CT molecular complexity index is 1070. The lowest BCUT2D eigenvalue weighted by molar-refractivity contribution is -0.138. The van der Waals surface area contributed by atoms with Crippen LogP contribution in [0.2, 0.25) is 0 Å². The molecule has 33 heavy (non-hydrogen) atoms. The molecular formula is C25H27F3N4O. The number of hydrogen-bond donors (Lipinski definition) is 0. The summed E-state index contributed by atoms with van der Waals surface area (Å²) in [6.45, 7) is 0.443. The minimum absolute atomic E-state index is 0.0846. The van der Waals surface area contributed by atoms with Crippen molar-refractivity contribution in [2.45, 2.75) is 75.5 Å². The molecule has 1 unspecified atom stereocenters. The Morgan fingerprint density at radius 2 is 1.79 bits per heavy atom. The smallest absolute Gasteiger partial charge is 0.331 e. The molecule has 2 saturated carbocycles. The maximum atomic E-state index is 13.7. The van der Waals surface area contributed by atoms with Gasteiger partial charge in [0.15, 0.2) is 0 Å². The van der Waals surface area contributed by atoms with Gasteiger partial charge in [0.1, 0.15) is 0 Å². The van der Waals surface area contributed by atoms with Crippen molar-refractivity contribution in [3.05, 3.63) is 52.8 Å². The zero-order valence-electron chi connectivity index (χ0n) is 18.4. The molecule has 174 valence electrons. The lowest BCUT2D eigenvalue weighted by Crippen LogP contribution is -2.32. The number of halogens is 3. The van der Waals surface area contributed by atoms with Crippen LogP contribution in [0.15, 0.2) is 30.5 Å². The second kappa shape index (κ2) is 8.51. The minimum Gasteiger partial charge on any atom is -0.331 e. The van der Waals surface area contributed by atoms with Crippen LogP contribution in [-0.2, 0) is 6.18 Å². The number of amides is 1. The summed E-state index contributed by atoms with van der Waals surface area (Å²) in [6.07, 6.45) is 3.74. The minimum atomic E-state index is -4.46. The van der Waals surface area contributed by atoms with Gasteiger partial charge in [0.2, 0.25) is 0 Å². The lowest BCUT2D eigenvalue weighted by Gasteiger charge is -2.28. The molecule has 1 aromatic carbocycles. The van der Waals surface area contributed by atoms with Crippen LogP contribution in [0, 0.1) is 17.2 Å². The van der Waals surface area contributed by atoms with E-state index in [1.54, 1.807) is 17.2 Å². The molecule has 2 aromatic rings. The zero-order valence-corrected chi connectivity index (χ0v) is 18.4. The molecule has 8 heteroatoms. The molecule has 1 aliphatic heterocycles. The van der Waals surface area contributed by atoms with E-state index in [4.69, 9.17) is 0 Å². The summed E-state index contributed by atoms with van der Waals surface area (Å²) in [5, 5.41) is 13.8. The van der Waals surface area contributed by atoms with Crippen LogP contribution in [-0.4, -0.2) is 27.1 Å². The Morgan fingerprint density at radius 3 is 2.45 bits per heavy atom. The van der Waals surface area contributed by atoms with Gasteiger partial charge in [0, 0.05) is 18.4 Å². The summed E-state index contributed by atoms with van der Waals surface area (Å²) < 4.78 is 43.0. The van der Waals surface area contributed by atoms with Crippen molar-refractivity contribution in [2.75, 3.05) is 6.54 Å². The zero-order chi connectivity index (χ0) is 23.2. The fourth-order valence-corrected chi connectivity index (χ4v) is 5.57. The number of likely N-dealkylation sites (tertiary alicyclic amines) is 1. The van der Waals surface area contributed by atoms with Crippen molar-refractivity contribution in [3.63, 3.8) is 0 Å². The number of carbonyl (C=O) groups excluding carboxylic acids is 1. The summed E-state index contributed by atoms with van der Waals surface area (Å²) >= 11 is 0. The summed E-state index contributed by atoms with van der Waals surface area (Å²) in [6, 6.07) is 7.54. The molecule has 0 radical (unpaired) electrons. The fourth-order valence-electron chi connectivity index (χ4n) is 5.57. The van der Waals surface area contributed by atoms with Gasteiger partial charge in [-0.1, -0.05) is 18.2 Å². The van der Waals surface area contributed by atoms with Gasteiger partial charge in [0.25, 0.3) is 5.91 Å². The largest absolute Gasteiger partial charge is 0.416 e. The molecule has 0 N–H and O–H groups in total. The Kier molecular flexibility index (Phi) is 5.67. The van der Waals surface area contributed by atoms with E-state index < -0.39 is 17.8 Å². The van der Waals surface area contributed by atoms with Crippen molar-refractivity contribution in [3.8, 4) is 6.07 Å². The number of benzene rings is 1. The van der Waals surface area contributed by atoms with E-state index in [0.717, 1.165) is 50.3 Å². The molecule has 1 atom stereocenters. The molecule has 5 rings (SSSR count). The topological polar surface area (TPSA) is 61.9 Å².